The first-order chi connectivity index (χ1) is 13.5. The zero-order valence-electron chi connectivity index (χ0n) is 15.2. The summed E-state index contributed by atoms with van der Waals surface area (Å²) in [6, 6.07) is 11.2. The highest BCUT2D eigenvalue weighted by Gasteiger charge is 2.17. The Balaban J connectivity index is 2.01. The number of carbonyl (C=O) groups excluding carboxylic acids is 1. The van der Waals surface area contributed by atoms with E-state index in [9.17, 15) is 9.18 Å². The summed E-state index contributed by atoms with van der Waals surface area (Å²) in [6.07, 6.45) is 1.56. The van der Waals surface area contributed by atoms with Crippen LogP contribution in [0.4, 0.5) is 27.5 Å². The smallest absolute Gasteiger partial charge is 0.252 e. The summed E-state index contributed by atoms with van der Waals surface area (Å²) in [4.78, 5) is 20.0. The van der Waals surface area contributed by atoms with Crippen LogP contribution in [0.1, 0.15) is 10.4 Å². The van der Waals surface area contributed by atoms with Crippen molar-refractivity contribution in [3.8, 4) is 11.5 Å². The Kier molecular flexibility index (Phi) is 5.54. The van der Waals surface area contributed by atoms with Crippen molar-refractivity contribution in [1.82, 2.24) is 9.97 Å². The van der Waals surface area contributed by atoms with Crippen molar-refractivity contribution in [2.75, 3.05) is 24.9 Å². The van der Waals surface area contributed by atoms with Gasteiger partial charge in [-0.05, 0) is 18.2 Å². The molecule has 0 saturated heterocycles. The molecule has 1 aromatic carbocycles. The summed E-state index contributed by atoms with van der Waals surface area (Å²) in [7, 11) is 3.02. The molecule has 0 spiro atoms. The Morgan fingerprint density at radius 3 is 2.32 bits per heavy atom. The summed E-state index contributed by atoms with van der Waals surface area (Å²) in [6.45, 7) is 0. The molecule has 28 heavy (non-hydrogen) atoms. The summed E-state index contributed by atoms with van der Waals surface area (Å²) >= 11 is 0. The molecule has 0 unspecified atom stereocenters. The van der Waals surface area contributed by atoms with Crippen LogP contribution >= 0.6 is 0 Å². The molecule has 9 heteroatoms. The molecule has 0 atom stereocenters. The Bertz CT molecular complexity index is 976. The van der Waals surface area contributed by atoms with Crippen molar-refractivity contribution >= 4 is 29.0 Å². The number of benzene rings is 1. The van der Waals surface area contributed by atoms with Crippen LogP contribution < -0.4 is 25.8 Å². The highest BCUT2D eigenvalue weighted by atomic mass is 19.1. The molecule has 0 bridgehead atoms. The minimum Gasteiger partial charge on any atom is -0.497 e. The molecule has 1 amide bonds. The van der Waals surface area contributed by atoms with Gasteiger partial charge in [-0.25, -0.2) is 14.4 Å². The maximum absolute atomic E-state index is 14.4. The summed E-state index contributed by atoms with van der Waals surface area (Å²) in [5.74, 6) is -0.160. The Morgan fingerprint density at radius 1 is 1.04 bits per heavy atom. The second-order valence-electron chi connectivity index (χ2n) is 5.65. The highest BCUT2D eigenvalue weighted by Crippen LogP contribution is 2.30. The van der Waals surface area contributed by atoms with Crippen LogP contribution in [0.5, 0.6) is 11.5 Å². The summed E-state index contributed by atoms with van der Waals surface area (Å²) in [5.41, 5.74) is 5.79. The monoisotopic (exact) mass is 383 g/mol. The first-order valence-electron chi connectivity index (χ1n) is 8.18. The van der Waals surface area contributed by atoms with Gasteiger partial charge in [-0.15, -0.1) is 0 Å². The highest BCUT2D eigenvalue weighted by molar-refractivity contribution is 5.98. The van der Waals surface area contributed by atoms with Crippen LogP contribution in [0.2, 0.25) is 0 Å². The minimum atomic E-state index is -0.826. The molecule has 0 aliphatic carbocycles. The van der Waals surface area contributed by atoms with Gasteiger partial charge in [0.15, 0.2) is 11.6 Å². The second-order valence-corrected chi connectivity index (χ2v) is 5.65. The van der Waals surface area contributed by atoms with Crippen molar-refractivity contribution in [2.24, 2.45) is 5.73 Å². The molecule has 0 aliphatic heterocycles. The number of primary amides is 1. The zero-order chi connectivity index (χ0) is 20.1. The van der Waals surface area contributed by atoms with Crippen LogP contribution in [0.15, 0.2) is 48.7 Å². The zero-order valence-corrected chi connectivity index (χ0v) is 15.2. The molecule has 4 N–H and O–H groups in total. The average Bonchev–Trinajstić information content (AvgIpc) is 2.70. The molecular weight excluding hydrogens is 365 g/mol. The average molecular weight is 383 g/mol. The van der Waals surface area contributed by atoms with E-state index in [2.05, 4.69) is 20.6 Å². The van der Waals surface area contributed by atoms with Gasteiger partial charge in [-0.1, -0.05) is 6.07 Å². The fourth-order valence-corrected chi connectivity index (χ4v) is 2.43. The van der Waals surface area contributed by atoms with Crippen LogP contribution in [-0.2, 0) is 0 Å². The lowest BCUT2D eigenvalue weighted by molar-refractivity contribution is 0.100. The quantitative estimate of drug-likeness (QED) is 0.574. The van der Waals surface area contributed by atoms with Gasteiger partial charge < -0.3 is 25.8 Å². The molecule has 0 saturated carbocycles. The van der Waals surface area contributed by atoms with Crippen LogP contribution in [0.3, 0.4) is 0 Å². The molecule has 0 radical (unpaired) electrons. The van der Waals surface area contributed by atoms with Gasteiger partial charge in [-0.2, -0.15) is 0 Å². The lowest BCUT2D eigenvalue weighted by Crippen LogP contribution is -2.16. The fourth-order valence-electron chi connectivity index (χ4n) is 2.43. The van der Waals surface area contributed by atoms with Gasteiger partial charge in [0.2, 0.25) is 0 Å². The Hall–Kier alpha value is -3.88. The largest absolute Gasteiger partial charge is 0.497 e. The molecule has 2 aromatic heterocycles. The van der Waals surface area contributed by atoms with E-state index >= 15 is 0 Å². The number of pyridine rings is 2. The number of nitrogens with one attached hydrogen (secondary N) is 2. The number of nitrogens with zero attached hydrogens (tertiary/aromatic N) is 2. The first kappa shape index (κ1) is 18.9. The maximum Gasteiger partial charge on any atom is 0.252 e. The Morgan fingerprint density at radius 2 is 1.75 bits per heavy atom. The van der Waals surface area contributed by atoms with Crippen molar-refractivity contribution in [3.63, 3.8) is 0 Å². The van der Waals surface area contributed by atoms with E-state index in [1.807, 2.05) is 0 Å². The number of amides is 1. The van der Waals surface area contributed by atoms with E-state index in [-0.39, 0.29) is 17.2 Å². The van der Waals surface area contributed by atoms with Gasteiger partial charge in [0.1, 0.15) is 23.1 Å². The van der Waals surface area contributed by atoms with Crippen molar-refractivity contribution in [3.05, 3.63) is 60.0 Å². The number of nitrogens with two attached hydrogens (primary N) is 1. The van der Waals surface area contributed by atoms with Gasteiger partial charge in [-0.3, -0.25) is 4.79 Å². The minimum absolute atomic E-state index is 0.0719. The standard InChI is InChI=1S/C19H18FN5O3/c1-27-12-7-11(8-13(9-12)28-2)23-18-14(17(21)26)10-15(20)19(25-18)24-16-5-3-4-6-22-16/h3-10H,1-2H3,(H2,21,26)(H2,22,23,24,25). The molecule has 144 valence electrons. The number of aromatic nitrogens is 2. The van der Waals surface area contributed by atoms with Crippen molar-refractivity contribution in [1.29, 1.82) is 0 Å². The van der Waals surface area contributed by atoms with Crippen molar-refractivity contribution in [2.45, 2.75) is 0 Å². The number of rotatable bonds is 7. The second kappa shape index (κ2) is 8.21. The van der Waals surface area contributed by atoms with E-state index in [1.165, 1.54) is 14.2 Å². The number of halogens is 1. The third-order valence-corrected chi connectivity index (χ3v) is 3.77. The molecule has 0 fully saturated rings. The number of carbonyl (C=O) groups is 1. The predicted octanol–water partition coefficient (Wildman–Crippen LogP) is 3.22. The number of anilines is 4. The van der Waals surface area contributed by atoms with E-state index in [0.717, 1.165) is 6.07 Å². The molecule has 2 heterocycles. The van der Waals surface area contributed by atoms with Crippen LogP contribution in [0.25, 0.3) is 0 Å². The number of methoxy groups -OCH3 is 2. The Labute approximate surface area is 160 Å². The van der Waals surface area contributed by atoms with Crippen molar-refractivity contribution < 1.29 is 18.7 Å². The van der Waals surface area contributed by atoms with E-state index in [0.29, 0.717) is 23.0 Å². The number of ether oxygens (including phenoxy) is 2. The SMILES string of the molecule is COc1cc(Nc2nc(Nc3ccccn3)c(F)cc2C(N)=O)cc(OC)c1. The summed E-state index contributed by atoms with van der Waals surface area (Å²) in [5, 5.41) is 5.73. The normalized spacial score (nSPS) is 10.2. The van der Waals surface area contributed by atoms with Crippen LogP contribution in [-0.4, -0.2) is 30.1 Å². The fraction of sp³-hybridized carbons (Fsp3) is 0.105. The summed E-state index contributed by atoms with van der Waals surface area (Å²) < 4.78 is 24.9. The van der Waals surface area contributed by atoms with Gasteiger partial charge >= 0.3 is 0 Å². The molecule has 8 nitrogen and oxygen atoms in total. The maximum atomic E-state index is 14.4. The number of hydrogen-bond acceptors (Lipinski definition) is 7. The molecule has 3 aromatic rings. The third-order valence-electron chi connectivity index (χ3n) is 3.77. The van der Waals surface area contributed by atoms with E-state index < -0.39 is 11.7 Å². The number of hydrogen-bond donors (Lipinski definition) is 3. The topological polar surface area (TPSA) is 111 Å². The lowest BCUT2D eigenvalue weighted by Gasteiger charge is -2.14. The molecule has 0 aliphatic rings. The van der Waals surface area contributed by atoms with Gasteiger partial charge in [0, 0.05) is 30.1 Å². The van der Waals surface area contributed by atoms with E-state index in [4.69, 9.17) is 15.2 Å². The predicted molar refractivity (Wildman–Crippen MR) is 103 cm³/mol. The molecule has 3 rings (SSSR count). The third kappa shape index (κ3) is 4.26. The lowest BCUT2D eigenvalue weighted by atomic mass is 10.2. The van der Waals surface area contributed by atoms with Gasteiger partial charge in [0.25, 0.3) is 5.91 Å². The van der Waals surface area contributed by atoms with E-state index in [1.54, 1.807) is 42.6 Å². The molecular formula is C19H18FN5O3. The van der Waals surface area contributed by atoms with Gasteiger partial charge in [0.05, 0.1) is 19.8 Å². The first-order valence-corrected chi connectivity index (χ1v) is 8.18. The van der Waals surface area contributed by atoms with Crippen LogP contribution in [0, 0.1) is 5.82 Å².